The predicted octanol–water partition coefficient (Wildman–Crippen LogP) is 3.21. The average Bonchev–Trinajstić information content (AvgIpc) is 2.26. The summed E-state index contributed by atoms with van der Waals surface area (Å²) in [4.78, 5) is 0. The van der Waals surface area contributed by atoms with Crippen molar-refractivity contribution in [2.45, 2.75) is 25.7 Å². The molecule has 2 heteroatoms. The maximum atomic E-state index is 9.40. The lowest BCUT2D eigenvalue weighted by atomic mass is 9.92. The van der Waals surface area contributed by atoms with E-state index >= 15 is 0 Å². The molecule has 1 nitrogen and oxygen atoms in total. The van der Waals surface area contributed by atoms with Crippen LogP contribution in [0.2, 0.25) is 0 Å². The van der Waals surface area contributed by atoms with Crippen molar-refractivity contribution < 1.29 is 5.11 Å². The minimum atomic E-state index is 0.263. The molecule has 0 aromatic heterocycles. The van der Waals surface area contributed by atoms with Gasteiger partial charge in [-0.15, -0.1) is 0 Å². The Morgan fingerprint density at radius 1 is 1.33 bits per heavy atom. The van der Waals surface area contributed by atoms with Crippen LogP contribution in [-0.2, 0) is 0 Å². The Morgan fingerprint density at radius 2 is 2.07 bits per heavy atom. The summed E-state index contributed by atoms with van der Waals surface area (Å²) in [5, 5.41) is 9.40. The standard InChI is InChI=1S/C13H20OS/c1-11-6-3-4-8-13(11)12(10-14)7-5-9-15-2/h3-4,6,8,12,14H,5,7,9-10H2,1-2H3. The summed E-state index contributed by atoms with van der Waals surface area (Å²) < 4.78 is 0. The molecule has 15 heavy (non-hydrogen) atoms. The summed E-state index contributed by atoms with van der Waals surface area (Å²) in [6.45, 7) is 2.38. The lowest BCUT2D eigenvalue weighted by Gasteiger charge is -2.16. The Balaban J connectivity index is 2.61. The van der Waals surface area contributed by atoms with Crippen molar-refractivity contribution in [1.82, 2.24) is 0 Å². The number of benzene rings is 1. The molecule has 1 aromatic rings. The molecule has 0 saturated carbocycles. The van der Waals surface area contributed by atoms with Crippen molar-refractivity contribution in [3.63, 3.8) is 0 Å². The maximum Gasteiger partial charge on any atom is 0.0499 e. The summed E-state index contributed by atoms with van der Waals surface area (Å²) in [6.07, 6.45) is 4.39. The van der Waals surface area contributed by atoms with Gasteiger partial charge in [0.15, 0.2) is 0 Å². The van der Waals surface area contributed by atoms with Crippen molar-refractivity contribution >= 4 is 11.8 Å². The van der Waals surface area contributed by atoms with Crippen LogP contribution in [0.25, 0.3) is 0 Å². The Hall–Kier alpha value is -0.470. The Labute approximate surface area is 96.9 Å². The van der Waals surface area contributed by atoms with Crippen LogP contribution in [0.4, 0.5) is 0 Å². The molecule has 0 aliphatic carbocycles. The zero-order chi connectivity index (χ0) is 11.1. The van der Waals surface area contributed by atoms with Gasteiger partial charge in [0, 0.05) is 12.5 Å². The number of rotatable bonds is 6. The zero-order valence-electron chi connectivity index (χ0n) is 9.57. The second-order valence-electron chi connectivity index (χ2n) is 3.87. The smallest absolute Gasteiger partial charge is 0.0499 e. The number of aryl methyl sites for hydroxylation is 1. The highest BCUT2D eigenvalue weighted by Crippen LogP contribution is 2.24. The lowest BCUT2D eigenvalue weighted by molar-refractivity contribution is 0.258. The fraction of sp³-hybridized carbons (Fsp3) is 0.538. The highest BCUT2D eigenvalue weighted by molar-refractivity contribution is 7.98. The van der Waals surface area contributed by atoms with E-state index in [0.29, 0.717) is 5.92 Å². The van der Waals surface area contributed by atoms with Crippen molar-refractivity contribution in [3.05, 3.63) is 35.4 Å². The third-order valence-corrected chi connectivity index (χ3v) is 3.45. The van der Waals surface area contributed by atoms with E-state index < -0.39 is 0 Å². The van der Waals surface area contributed by atoms with Crippen molar-refractivity contribution in [3.8, 4) is 0 Å². The number of hydrogen-bond acceptors (Lipinski definition) is 2. The minimum Gasteiger partial charge on any atom is -0.396 e. The van der Waals surface area contributed by atoms with E-state index in [1.807, 2.05) is 11.8 Å². The van der Waals surface area contributed by atoms with E-state index in [2.05, 4.69) is 37.4 Å². The molecule has 0 bridgehead atoms. The molecule has 0 amide bonds. The van der Waals surface area contributed by atoms with Crippen molar-refractivity contribution in [2.75, 3.05) is 18.6 Å². The van der Waals surface area contributed by atoms with Crippen LogP contribution in [0, 0.1) is 6.92 Å². The fourth-order valence-electron chi connectivity index (χ4n) is 1.86. The van der Waals surface area contributed by atoms with Gasteiger partial charge < -0.3 is 5.11 Å². The van der Waals surface area contributed by atoms with Gasteiger partial charge in [0.2, 0.25) is 0 Å². The van der Waals surface area contributed by atoms with Crippen LogP contribution in [0.5, 0.6) is 0 Å². The summed E-state index contributed by atoms with van der Waals surface area (Å²) in [7, 11) is 0. The van der Waals surface area contributed by atoms with Gasteiger partial charge in [0.1, 0.15) is 0 Å². The Kier molecular flexibility index (Phi) is 5.81. The third kappa shape index (κ3) is 3.88. The van der Waals surface area contributed by atoms with Gasteiger partial charge in [-0.3, -0.25) is 0 Å². The normalized spacial score (nSPS) is 12.7. The maximum absolute atomic E-state index is 9.40. The second-order valence-corrected chi connectivity index (χ2v) is 4.86. The highest BCUT2D eigenvalue weighted by Gasteiger charge is 2.11. The van der Waals surface area contributed by atoms with E-state index in [0.717, 1.165) is 6.42 Å². The molecular weight excluding hydrogens is 204 g/mol. The first-order chi connectivity index (χ1) is 7.29. The largest absolute Gasteiger partial charge is 0.396 e. The quantitative estimate of drug-likeness (QED) is 0.749. The van der Waals surface area contributed by atoms with Gasteiger partial charge >= 0.3 is 0 Å². The van der Waals surface area contributed by atoms with E-state index in [1.165, 1.54) is 23.3 Å². The molecule has 0 aliphatic heterocycles. The van der Waals surface area contributed by atoms with Gasteiger partial charge in [-0.2, -0.15) is 11.8 Å². The van der Waals surface area contributed by atoms with E-state index in [1.54, 1.807) is 0 Å². The van der Waals surface area contributed by atoms with E-state index in [9.17, 15) is 5.11 Å². The topological polar surface area (TPSA) is 20.2 Å². The third-order valence-electron chi connectivity index (χ3n) is 2.75. The lowest BCUT2D eigenvalue weighted by Crippen LogP contribution is -2.06. The molecule has 0 aliphatic rings. The van der Waals surface area contributed by atoms with Gasteiger partial charge in [0.05, 0.1) is 0 Å². The zero-order valence-corrected chi connectivity index (χ0v) is 10.4. The van der Waals surface area contributed by atoms with Gasteiger partial charge in [-0.05, 0) is 42.9 Å². The minimum absolute atomic E-state index is 0.263. The van der Waals surface area contributed by atoms with Crippen LogP contribution in [0.15, 0.2) is 24.3 Å². The molecule has 0 fully saturated rings. The average molecular weight is 224 g/mol. The molecule has 1 aromatic carbocycles. The Morgan fingerprint density at radius 3 is 2.67 bits per heavy atom. The monoisotopic (exact) mass is 224 g/mol. The summed E-state index contributed by atoms with van der Waals surface area (Å²) in [5.74, 6) is 1.50. The molecule has 84 valence electrons. The molecular formula is C13H20OS. The molecule has 1 rings (SSSR count). The Bertz CT molecular complexity index is 286. The summed E-state index contributed by atoms with van der Waals surface area (Å²) in [5.41, 5.74) is 2.60. The van der Waals surface area contributed by atoms with Crippen LogP contribution in [-0.4, -0.2) is 23.7 Å². The SMILES string of the molecule is CSCCCC(CO)c1ccccc1C. The van der Waals surface area contributed by atoms with Gasteiger partial charge in [-0.1, -0.05) is 24.3 Å². The fourth-order valence-corrected chi connectivity index (χ4v) is 2.32. The van der Waals surface area contributed by atoms with Crippen LogP contribution in [0.1, 0.15) is 29.9 Å². The molecule has 1 unspecified atom stereocenters. The highest BCUT2D eigenvalue weighted by atomic mass is 32.2. The molecule has 1 atom stereocenters. The molecule has 1 N–H and O–H groups in total. The summed E-state index contributed by atoms with van der Waals surface area (Å²) >= 11 is 1.87. The van der Waals surface area contributed by atoms with Crippen molar-refractivity contribution in [1.29, 1.82) is 0 Å². The number of hydrogen-bond donors (Lipinski definition) is 1. The van der Waals surface area contributed by atoms with Crippen molar-refractivity contribution in [2.24, 2.45) is 0 Å². The second kappa shape index (κ2) is 6.91. The number of aliphatic hydroxyl groups excluding tert-OH is 1. The first-order valence-electron chi connectivity index (χ1n) is 5.45. The summed E-state index contributed by atoms with van der Waals surface area (Å²) in [6, 6.07) is 8.36. The number of aliphatic hydroxyl groups is 1. The molecule has 0 saturated heterocycles. The van der Waals surface area contributed by atoms with Crippen LogP contribution < -0.4 is 0 Å². The number of thioether (sulfide) groups is 1. The van der Waals surface area contributed by atoms with Gasteiger partial charge in [-0.25, -0.2) is 0 Å². The van der Waals surface area contributed by atoms with Crippen LogP contribution >= 0.6 is 11.8 Å². The first-order valence-corrected chi connectivity index (χ1v) is 6.84. The molecule has 0 radical (unpaired) electrons. The van der Waals surface area contributed by atoms with E-state index in [4.69, 9.17) is 0 Å². The van der Waals surface area contributed by atoms with E-state index in [-0.39, 0.29) is 6.61 Å². The predicted molar refractivity (Wildman–Crippen MR) is 68.6 cm³/mol. The molecule has 0 spiro atoms. The van der Waals surface area contributed by atoms with Gasteiger partial charge in [0.25, 0.3) is 0 Å². The van der Waals surface area contributed by atoms with Crippen LogP contribution in [0.3, 0.4) is 0 Å². The first kappa shape index (κ1) is 12.6. The molecule has 0 heterocycles.